The molecule has 3 N–H and O–H groups in total. The van der Waals surface area contributed by atoms with Crippen LogP contribution in [0.2, 0.25) is 0 Å². The predicted molar refractivity (Wildman–Crippen MR) is 78.8 cm³/mol. The van der Waals surface area contributed by atoms with Gasteiger partial charge in [0.1, 0.15) is 0 Å². The molecule has 0 aromatic heterocycles. The number of nitrogens with zero attached hydrogens (tertiary/aromatic N) is 1. The molecular formula is C16H21N3O. The van der Waals surface area contributed by atoms with Crippen molar-refractivity contribution in [1.29, 1.82) is 5.26 Å². The molecule has 1 aliphatic carbocycles. The first-order valence-electron chi connectivity index (χ1n) is 7.01. The third kappa shape index (κ3) is 2.77. The molecule has 0 aliphatic heterocycles. The van der Waals surface area contributed by atoms with Crippen LogP contribution in [0.5, 0.6) is 0 Å². The highest BCUT2D eigenvalue weighted by Crippen LogP contribution is 2.28. The molecule has 0 spiro atoms. The van der Waals surface area contributed by atoms with E-state index in [1.54, 1.807) is 12.1 Å². The van der Waals surface area contributed by atoms with E-state index in [0.29, 0.717) is 5.69 Å². The smallest absolute Gasteiger partial charge is 0.230 e. The summed E-state index contributed by atoms with van der Waals surface area (Å²) >= 11 is 0. The lowest BCUT2D eigenvalue weighted by atomic mass is 9.83. The number of rotatable bonds is 3. The van der Waals surface area contributed by atoms with Crippen molar-refractivity contribution in [2.75, 3.05) is 5.73 Å². The molecule has 1 aromatic rings. The first-order chi connectivity index (χ1) is 9.45. The van der Waals surface area contributed by atoms with Crippen molar-refractivity contribution < 1.29 is 4.79 Å². The van der Waals surface area contributed by atoms with Crippen LogP contribution in [-0.2, 0) is 10.2 Å². The molecule has 1 amide bonds. The lowest BCUT2D eigenvalue weighted by molar-refractivity contribution is -0.126. The van der Waals surface area contributed by atoms with Gasteiger partial charge in [-0.1, -0.05) is 12.1 Å². The van der Waals surface area contributed by atoms with Crippen molar-refractivity contribution in [2.24, 2.45) is 5.92 Å². The monoisotopic (exact) mass is 271 g/mol. The number of nitrogens with two attached hydrogens (primary N) is 1. The molecule has 1 aromatic carbocycles. The maximum atomic E-state index is 12.5. The summed E-state index contributed by atoms with van der Waals surface area (Å²) in [6.07, 6.45) is 2.77. The lowest BCUT2D eigenvalue weighted by Gasteiger charge is -2.27. The number of benzene rings is 1. The summed E-state index contributed by atoms with van der Waals surface area (Å²) in [7, 11) is 0. The number of carbonyl (C=O) groups is 1. The summed E-state index contributed by atoms with van der Waals surface area (Å²) in [4.78, 5) is 12.5. The Balaban J connectivity index is 2.11. The molecule has 1 saturated carbocycles. The Bertz CT molecular complexity index is 528. The Hall–Kier alpha value is -2.02. The number of hydrogen-bond donors (Lipinski definition) is 2. The molecule has 4 nitrogen and oxygen atoms in total. The van der Waals surface area contributed by atoms with Crippen LogP contribution >= 0.6 is 0 Å². The summed E-state index contributed by atoms with van der Waals surface area (Å²) in [5.74, 6) is -0.0874. The van der Waals surface area contributed by atoms with Gasteiger partial charge in [0, 0.05) is 11.7 Å². The summed E-state index contributed by atoms with van der Waals surface area (Å²) in [6.45, 7) is 3.79. The molecule has 2 rings (SSSR count). The van der Waals surface area contributed by atoms with E-state index in [1.807, 2.05) is 26.0 Å². The van der Waals surface area contributed by atoms with Crippen molar-refractivity contribution in [2.45, 2.75) is 44.6 Å². The lowest BCUT2D eigenvalue weighted by Crippen LogP contribution is -2.46. The van der Waals surface area contributed by atoms with Crippen LogP contribution in [0.1, 0.15) is 38.7 Å². The summed E-state index contributed by atoms with van der Waals surface area (Å²) < 4.78 is 0. The van der Waals surface area contributed by atoms with Crippen molar-refractivity contribution in [3.63, 3.8) is 0 Å². The fourth-order valence-corrected chi connectivity index (χ4v) is 2.67. The Labute approximate surface area is 120 Å². The van der Waals surface area contributed by atoms with E-state index < -0.39 is 5.41 Å². The average molecular weight is 271 g/mol. The zero-order valence-electron chi connectivity index (χ0n) is 12.0. The fourth-order valence-electron chi connectivity index (χ4n) is 2.67. The quantitative estimate of drug-likeness (QED) is 0.828. The predicted octanol–water partition coefficient (Wildman–Crippen LogP) is 2.35. The summed E-state index contributed by atoms with van der Waals surface area (Å²) in [5, 5.41) is 12.1. The largest absolute Gasteiger partial charge is 0.399 e. The van der Waals surface area contributed by atoms with Gasteiger partial charge in [0.2, 0.25) is 5.91 Å². The number of amides is 1. The van der Waals surface area contributed by atoms with E-state index in [4.69, 9.17) is 11.0 Å². The van der Waals surface area contributed by atoms with E-state index >= 15 is 0 Å². The van der Waals surface area contributed by atoms with Gasteiger partial charge in [0.15, 0.2) is 0 Å². The van der Waals surface area contributed by atoms with Crippen LogP contribution in [0.3, 0.4) is 0 Å². The van der Waals surface area contributed by atoms with Gasteiger partial charge >= 0.3 is 0 Å². The molecule has 0 saturated heterocycles. The number of nitriles is 1. The van der Waals surface area contributed by atoms with Crippen LogP contribution < -0.4 is 11.1 Å². The van der Waals surface area contributed by atoms with Crippen LogP contribution in [0.4, 0.5) is 5.69 Å². The molecule has 2 atom stereocenters. The van der Waals surface area contributed by atoms with Gasteiger partial charge in [-0.3, -0.25) is 4.79 Å². The SMILES string of the molecule is CC(C)(C(=O)NC1CCCC1C#N)c1ccc(N)cc1. The van der Waals surface area contributed by atoms with Gasteiger partial charge in [0.05, 0.1) is 17.4 Å². The standard InChI is InChI=1S/C16H21N3O/c1-16(2,12-6-8-13(18)9-7-12)15(20)19-14-5-3-4-11(14)10-17/h6-9,11,14H,3-5,18H2,1-2H3,(H,19,20). The molecule has 0 radical (unpaired) electrons. The van der Waals surface area contributed by atoms with Gasteiger partial charge in [-0.25, -0.2) is 0 Å². The first-order valence-corrected chi connectivity index (χ1v) is 7.01. The Kier molecular flexibility index (Phi) is 3.99. The van der Waals surface area contributed by atoms with Crippen molar-refractivity contribution in [3.05, 3.63) is 29.8 Å². The van der Waals surface area contributed by atoms with Crippen LogP contribution in [0, 0.1) is 17.2 Å². The van der Waals surface area contributed by atoms with E-state index in [2.05, 4.69) is 11.4 Å². The molecule has 1 fully saturated rings. The van der Waals surface area contributed by atoms with Crippen molar-refractivity contribution >= 4 is 11.6 Å². The van der Waals surface area contributed by atoms with Gasteiger partial charge in [0.25, 0.3) is 0 Å². The highest BCUT2D eigenvalue weighted by molar-refractivity contribution is 5.87. The minimum atomic E-state index is -0.629. The van der Waals surface area contributed by atoms with Gasteiger partial charge in [-0.15, -0.1) is 0 Å². The topological polar surface area (TPSA) is 78.9 Å². The van der Waals surface area contributed by atoms with Gasteiger partial charge < -0.3 is 11.1 Å². The zero-order valence-corrected chi connectivity index (χ0v) is 12.0. The summed E-state index contributed by atoms with van der Waals surface area (Å²) in [5.41, 5.74) is 6.66. The molecule has 106 valence electrons. The van der Waals surface area contributed by atoms with E-state index in [-0.39, 0.29) is 17.9 Å². The van der Waals surface area contributed by atoms with Gasteiger partial charge in [-0.05, 0) is 50.8 Å². The molecule has 2 unspecified atom stereocenters. The Morgan fingerprint density at radius 1 is 1.35 bits per heavy atom. The number of carbonyl (C=O) groups excluding carboxylic acids is 1. The molecule has 4 heteroatoms. The molecular weight excluding hydrogens is 250 g/mol. The molecule has 0 heterocycles. The number of nitrogens with one attached hydrogen (secondary N) is 1. The number of nitrogen functional groups attached to an aromatic ring is 1. The average Bonchev–Trinajstić information content (AvgIpc) is 2.86. The second kappa shape index (κ2) is 5.54. The Morgan fingerprint density at radius 3 is 2.60 bits per heavy atom. The van der Waals surface area contributed by atoms with E-state index in [1.165, 1.54) is 0 Å². The van der Waals surface area contributed by atoms with Crippen LogP contribution in [0.25, 0.3) is 0 Å². The van der Waals surface area contributed by atoms with Crippen molar-refractivity contribution in [3.8, 4) is 6.07 Å². The molecule has 20 heavy (non-hydrogen) atoms. The highest BCUT2D eigenvalue weighted by Gasteiger charge is 2.35. The molecule has 0 bridgehead atoms. The highest BCUT2D eigenvalue weighted by atomic mass is 16.2. The zero-order chi connectivity index (χ0) is 14.8. The number of anilines is 1. The second-order valence-electron chi connectivity index (χ2n) is 5.99. The summed E-state index contributed by atoms with van der Waals surface area (Å²) in [6, 6.07) is 9.64. The minimum Gasteiger partial charge on any atom is -0.399 e. The van der Waals surface area contributed by atoms with E-state index in [9.17, 15) is 4.79 Å². The van der Waals surface area contributed by atoms with Crippen LogP contribution in [-0.4, -0.2) is 11.9 Å². The minimum absolute atomic E-state index is 0.0134. The Morgan fingerprint density at radius 2 is 2.00 bits per heavy atom. The maximum absolute atomic E-state index is 12.5. The number of hydrogen-bond acceptors (Lipinski definition) is 3. The fraction of sp³-hybridized carbons (Fsp3) is 0.500. The van der Waals surface area contributed by atoms with Crippen molar-refractivity contribution in [1.82, 2.24) is 5.32 Å². The normalized spacial score (nSPS) is 22.2. The van der Waals surface area contributed by atoms with Gasteiger partial charge in [-0.2, -0.15) is 5.26 Å². The maximum Gasteiger partial charge on any atom is 0.230 e. The second-order valence-corrected chi connectivity index (χ2v) is 5.99. The third-order valence-corrected chi connectivity index (χ3v) is 4.20. The third-order valence-electron chi connectivity index (χ3n) is 4.20. The van der Waals surface area contributed by atoms with Crippen LogP contribution in [0.15, 0.2) is 24.3 Å². The first kappa shape index (κ1) is 14.4. The molecule has 1 aliphatic rings. The van der Waals surface area contributed by atoms with E-state index in [0.717, 1.165) is 24.8 Å².